The second-order valence-electron chi connectivity index (χ2n) is 13.9. The maximum absolute atomic E-state index is 2.49. The van der Waals surface area contributed by atoms with E-state index in [0.29, 0.717) is 0 Å². The first-order chi connectivity index (χ1) is 22.9. The zero-order valence-corrected chi connectivity index (χ0v) is 28.0. The molecule has 0 unspecified atom stereocenters. The predicted octanol–water partition coefficient (Wildman–Crippen LogP) is 12.0. The van der Waals surface area contributed by atoms with E-state index in [1.165, 1.54) is 87.8 Å². The monoisotopic (exact) mass is 617 g/mol. The third kappa shape index (κ3) is 4.59. The maximum Gasteiger partial charge on any atom is 0.0776 e. The van der Waals surface area contributed by atoms with E-state index < -0.39 is 8.07 Å². The van der Waals surface area contributed by atoms with Crippen LogP contribution in [0.3, 0.4) is 0 Å². The van der Waals surface area contributed by atoms with Crippen molar-refractivity contribution in [3.05, 3.63) is 158 Å². The number of benzene rings is 7. The van der Waals surface area contributed by atoms with Crippen LogP contribution in [0, 0.1) is 0 Å². The summed E-state index contributed by atoms with van der Waals surface area (Å²) >= 11 is 0. The Labute approximate surface area is 276 Å². The summed E-state index contributed by atoms with van der Waals surface area (Å²) in [6, 6.07) is 58.4. The molecule has 7 aromatic carbocycles. The molecule has 1 nitrogen and oxygen atoms in total. The topological polar surface area (TPSA) is 4.41 Å². The number of fused-ring (bicyclic) bond motifs is 6. The van der Waals surface area contributed by atoms with Gasteiger partial charge in [-0.15, -0.1) is 0 Å². The van der Waals surface area contributed by atoms with E-state index >= 15 is 0 Å². The molecule has 2 heterocycles. The molecule has 0 saturated carbocycles. The van der Waals surface area contributed by atoms with Crippen LogP contribution in [0.15, 0.2) is 158 Å². The Balaban J connectivity index is 1.10. The van der Waals surface area contributed by atoms with Crippen molar-refractivity contribution in [3.8, 4) is 44.5 Å². The first-order valence-electron chi connectivity index (χ1n) is 16.5. The van der Waals surface area contributed by atoms with Gasteiger partial charge in [0.25, 0.3) is 0 Å². The third-order valence-corrected chi connectivity index (χ3v) is 11.9. The summed E-state index contributed by atoms with van der Waals surface area (Å²) in [6.07, 6.45) is 0. The third-order valence-electron chi connectivity index (χ3n) is 9.90. The lowest BCUT2D eigenvalue weighted by Gasteiger charge is -2.16. The van der Waals surface area contributed by atoms with Crippen LogP contribution in [0.4, 0.5) is 0 Å². The quantitative estimate of drug-likeness (QED) is 0.169. The molecular weight excluding hydrogens is 583 g/mol. The molecule has 0 spiro atoms. The Hall–Kier alpha value is -5.44. The smallest absolute Gasteiger partial charge is 0.0776 e. The standard InChI is InChI=1S/C45H35NSi/c1-47(2,3)38-23-25-44-42(29-38)40-17-9-16-39-41-28-37(22-24-43(41)46(44)45(39)40)36-15-8-14-35(27-36)34-13-7-12-33(26-34)32-20-18-31(19-21-32)30-10-5-4-6-11-30/h4-29H,1-3H3. The van der Waals surface area contributed by atoms with Gasteiger partial charge in [0.15, 0.2) is 0 Å². The summed E-state index contributed by atoms with van der Waals surface area (Å²) in [5.74, 6) is 0. The van der Waals surface area contributed by atoms with Gasteiger partial charge in [-0.25, -0.2) is 0 Å². The fourth-order valence-corrected chi connectivity index (χ4v) is 8.53. The Morgan fingerprint density at radius 1 is 0.340 bits per heavy atom. The van der Waals surface area contributed by atoms with Crippen LogP contribution in [-0.2, 0) is 0 Å². The van der Waals surface area contributed by atoms with Crippen molar-refractivity contribution >= 4 is 51.4 Å². The molecule has 47 heavy (non-hydrogen) atoms. The normalized spacial score (nSPS) is 12.1. The predicted molar refractivity (Wildman–Crippen MR) is 206 cm³/mol. The van der Waals surface area contributed by atoms with Gasteiger partial charge in [0.05, 0.1) is 24.6 Å². The molecule has 9 aromatic rings. The minimum atomic E-state index is -1.41. The fraction of sp³-hybridized carbons (Fsp3) is 0.0667. The second-order valence-corrected chi connectivity index (χ2v) is 18.9. The van der Waals surface area contributed by atoms with Crippen LogP contribution in [0.25, 0.3) is 82.6 Å². The van der Waals surface area contributed by atoms with Gasteiger partial charge in [0, 0.05) is 21.5 Å². The zero-order valence-electron chi connectivity index (χ0n) is 27.0. The molecule has 0 aliphatic rings. The highest BCUT2D eigenvalue weighted by atomic mass is 28.3. The number of rotatable bonds is 5. The summed E-state index contributed by atoms with van der Waals surface area (Å²) in [5, 5.41) is 6.88. The molecule has 2 heteroatoms. The lowest BCUT2D eigenvalue weighted by Crippen LogP contribution is -2.37. The van der Waals surface area contributed by atoms with Crippen molar-refractivity contribution < 1.29 is 0 Å². The number of hydrogen-bond donors (Lipinski definition) is 0. The number of para-hydroxylation sites is 1. The van der Waals surface area contributed by atoms with Crippen LogP contribution in [-0.4, -0.2) is 12.5 Å². The molecular formula is C45H35NSi. The number of aromatic nitrogens is 1. The first kappa shape index (κ1) is 27.8. The summed E-state index contributed by atoms with van der Waals surface area (Å²) in [4.78, 5) is 0. The zero-order chi connectivity index (χ0) is 31.7. The maximum atomic E-state index is 2.49. The lowest BCUT2D eigenvalue weighted by atomic mass is 9.95. The number of hydrogen-bond acceptors (Lipinski definition) is 0. The van der Waals surface area contributed by atoms with Crippen molar-refractivity contribution in [2.75, 3.05) is 0 Å². The van der Waals surface area contributed by atoms with Gasteiger partial charge < -0.3 is 4.40 Å². The van der Waals surface area contributed by atoms with Gasteiger partial charge in [-0.2, -0.15) is 0 Å². The van der Waals surface area contributed by atoms with Crippen molar-refractivity contribution in [1.29, 1.82) is 0 Å². The van der Waals surface area contributed by atoms with E-state index in [1.54, 1.807) is 0 Å². The molecule has 0 fully saturated rings. The van der Waals surface area contributed by atoms with Gasteiger partial charge in [-0.05, 0) is 74.8 Å². The average molecular weight is 618 g/mol. The van der Waals surface area contributed by atoms with Crippen LogP contribution >= 0.6 is 0 Å². The van der Waals surface area contributed by atoms with E-state index in [2.05, 4.69) is 182 Å². The lowest BCUT2D eigenvalue weighted by molar-refractivity contribution is 1.37. The van der Waals surface area contributed by atoms with Gasteiger partial charge in [-0.3, -0.25) is 0 Å². The van der Waals surface area contributed by atoms with E-state index in [9.17, 15) is 0 Å². The summed E-state index contributed by atoms with van der Waals surface area (Å²) in [6.45, 7) is 7.29. The Morgan fingerprint density at radius 3 is 1.36 bits per heavy atom. The summed E-state index contributed by atoms with van der Waals surface area (Å²) in [5.41, 5.74) is 13.8. The molecule has 2 aromatic heterocycles. The van der Waals surface area contributed by atoms with Crippen molar-refractivity contribution in [3.63, 3.8) is 0 Å². The highest BCUT2D eigenvalue weighted by Crippen LogP contribution is 2.40. The summed E-state index contributed by atoms with van der Waals surface area (Å²) in [7, 11) is -1.41. The molecule has 0 radical (unpaired) electrons. The number of nitrogens with zero attached hydrogens (tertiary/aromatic N) is 1. The van der Waals surface area contributed by atoms with E-state index in [4.69, 9.17) is 0 Å². The molecule has 0 aliphatic carbocycles. The van der Waals surface area contributed by atoms with E-state index in [0.717, 1.165) is 0 Å². The van der Waals surface area contributed by atoms with Gasteiger partial charge in [-0.1, -0.05) is 152 Å². The molecule has 224 valence electrons. The summed E-state index contributed by atoms with van der Waals surface area (Å²) < 4.78 is 2.49. The fourth-order valence-electron chi connectivity index (χ4n) is 7.37. The minimum Gasteiger partial charge on any atom is -0.308 e. The highest BCUT2D eigenvalue weighted by molar-refractivity contribution is 6.88. The molecule has 9 rings (SSSR count). The van der Waals surface area contributed by atoms with Crippen molar-refractivity contribution in [1.82, 2.24) is 4.40 Å². The largest absolute Gasteiger partial charge is 0.308 e. The second kappa shape index (κ2) is 10.6. The van der Waals surface area contributed by atoms with E-state index in [-0.39, 0.29) is 0 Å². The minimum absolute atomic E-state index is 1.22. The van der Waals surface area contributed by atoms with Crippen LogP contribution in [0.2, 0.25) is 19.6 Å². The van der Waals surface area contributed by atoms with Crippen LogP contribution in [0.1, 0.15) is 0 Å². The van der Waals surface area contributed by atoms with E-state index in [1.807, 2.05) is 0 Å². The van der Waals surface area contributed by atoms with Crippen molar-refractivity contribution in [2.24, 2.45) is 0 Å². The Bertz CT molecular complexity index is 2580. The first-order valence-corrected chi connectivity index (χ1v) is 20.0. The molecule has 0 N–H and O–H groups in total. The highest BCUT2D eigenvalue weighted by Gasteiger charge is 2.21. The van der Waals surface area contributed by atoms with Gasteiger partial charge in [0.1, 0.15) is 0 Å². The van der Waals surface area contributed by atoms with Crippen LogP contribution in [0.5, 0.6) is 0 Å². The van der Waals surface area contributed by atoms with Crippen LogP contribution < -0.4 is 5.19 Å². The molecule has 0 saturated heterocycles. The molecule has 0 bridgehead atoms. The average Bonchev–Trinajstić information content (AvgIpc) is 3.63. The Kier molecular flexibility index (Phi) is 6.25. The van der Waals surface area contributed by atoms with Gasteiger partial charge in [0.2, 0.25) is 0 Å². The van der Waals surface area contributed by atoms with Crippen molar-refractivity contribution in [2.45, 2.75) is 19.6 Å². The van der Waals surface area contributed by atoms with Gasteiger partial charge >= 0.3 is 0 Å². The molecule has 0 aliphatic heterocycles. The molecule has 0 amide bonds. The Morgan fingerprint density at radius 2 is 0.766 bits per heavy atom. The molecule has 0 atom stereocenters. The SMILES string of the molecule is C[Si](C)(C)c1ccc2c(c1)c1cccc3c4cc(-c5cccc(-c6cccc(-c7ccc(-c8ccccc8)cc7)c6)c5)ccc4n2c31.